The number of halogens is 1. The van der Waals surface area contributed by atoms with Crippen molar-refractivity contribution in [1.29, 1.82) is 0 Å². The van der Waals surface area contributed by atoms with E-state index < -0.39 is 0 Å². The summed E-state index contributed by atoms with van der Waals surface area (Å²) >= 11 is 7.50. The van der Waals surface area contributed by atoms with E-state index in [4.69, 9.17) is 16.3 Å². The topological polar surface area (TPSA) is 80.3 Å². The first-order valence-corrected chi connectivity index (χ1v) is 10.7. The van der Waals surface area contributed by atoms with Gasteiger partial charge in [-0.15, -0.1) is 11.3 Å². The Morgan fingerprint density at radius 2 is 1.90 bits per heavy atom. The van der Waals surface area contributed by atoms with E-state index in [1.807, 2.05) is 6.07 Å². The van der Waals surface area contributed by atoms with E-state index in [2.05, 4.69) is 29.5 Å². The number of hydrogen-bond donors (Lipinski definition) is 2. The minimum absolute atomic E-state index is 0.0843. The standard InChI is InChI=1S/C22H22ClN3O3S/c1-14(2)12-29-19-9-8-16(10-18(19)23)24-20(27)11-17-13-30-22(25-17)26-21(28)15-6-4-3-5-7-15/h3-10,13-14H,11-12H2,1-2H3,(H,24,27)(H,25,26,28). The van der Waals surface area contributed by atoms with Gasteiger partial charge < -0.3 is 10.1 Å². The summed E-state index contributed by atoms with van der Waals surface area (Å²) in [6.45, 7) is 4.68. The molecule has 0 aliphatic rings. The fraction of sp³-hybridized carbons (Fsp3) is 0.227. The first-order valence-electron chi connectivity index (χ1n) is 9.43. The summed E-state index contributed by atoms with van der Waals surface area (Å²) in [5, 5.41) is 8.17. The number of hydrogen-bond acceptors (Lipinski definition) is 5. The van der Waals surface area contributed by atoms with Gasteiger partial charge in [-0.25, -0.2) is 4.98 Å². The summed E-state index contributed by atoms with van der Waals surface area (Å²) < 4.78 is 5.63. The van der Waals surface area contributed by atoms with Crippen molar-refractivity contribution in [2.24, 2.45) is 5.92 Å². The molecule has 156 valence electrons. The van der Waals surface area contributed by atoms with Crippen molar-refractivity contribution in [1.82, 2.24) is 4.98 Å². The van der Waals surface area contributed by atoms with E-state index in [1.165, 1.54) is 11.3 Å². The molecule has 0 saturated carbocycles. The van der Waals surface area contributed by atoms with Crippen LogP contribution >= 0.6 is 22.9 Å². The largest absolute Gasteiger partial charge is 0.492 e. The molecule has 2 amide bonds. The number of ether oxygens (including phenoxy) is 1. The Morgan fingerprint density at radius 3 is 2.60 bits per heavy atom. The molecule has 0 fully saturated rings. The molecule has 0 saturated heterocycles. The summed E-state index contributed by atoms with van der Waals surface area (Å²) in [6.07, 6.45) is 0.0843. The molecule has 1 heterocycles. The maximum atomic E-state index is 12.3. The molecule has 2 aromatic carbocycles. The van der Waals surface area contributed by atoms with Crippen LogP contribution in [-0.4, -0.2) is 23.4 Å². The quantitative estimate of drug-likeness (QED) is 0.497. The number of nitrogens with zero attached hydrogens (tertiary/aromatic N) is 1. The van der Waals surface area contributed by atoms with Crippen LogP contribution in [0.25, 0.3) is 0 Å². The third-order valence-corrected chi connectivity index (χ3v) is 5.04. The zero-order valence-corrected chi connectivity index (χ0v) is 18.2. The van der Waals surface area contributed by atoms with Gasteiger partial charge in [0.15, 0.2) is 5.13 Å². The SMILES string of the molecule is CC(C)COc1ccc(NC(=O)Cc2csc(NC(=O)c3ccccc3)n2)cc1Cl. The summed E-state index contributed by atoms with van der Waals surface area (Å²) in [5.74, 6) is 0.506. The van der Waals surface area contributed by atoms with Crippen LogP contribution in [-0.2, 0) is 11.2 Å². The fourth-order valence-corrected chi connectivity index (χ4v) is 3.47. The highest BCUT2D eigenvalue weighted by atomic mass is 35.5. The molecule has 8 heteroatoms. The molecule has 0 unspecified atom stereocenters. The van der Waals surface area contributed by atoms with E-state index in [0.29, 0.717) is 45.4 Å². The lowest BCUT2D eigenvalue weighted by Gasteiger charge is -2.11. The van der Waals surface area contributed by atoms with Crippen molar-refractivity contribution in [2.45, 2.75) is 20.3 Å². The molecule has 0 radical (unpaired) electrons. The molecule has 0 bridgehead atoms. The van der Waals surface area contributed by atoms with Gasteiger partial charge in [0.25, 0.3) is 5.91 Å². The second kappa shape index (κ2) is 10.2. The third-order valence-electron chi connectivity index (χ3n) is 3.94. The summed E-state index contributed by atoms with van der Waals surface area (Å²) in [4.78, 5) is 28.8. The lowest BCUT2D eigenvalue weighted by atomic mass is 10.2. The van der Waals surface area contributed by atoms with Crippen LogP contribution in [0.1, 0.15) is 29.9 Å². The minimum Gasteiger partial charge on any atom is -0.492 e. The number of carbonyl (C=O) groups is 2. The molecule has 30 heavy (non-hydrogen) atoms. The lowest BCUT2D eigenvalue weighted by Crippen LogP contribution is -2.15. The highest BCUT2D eigenvalue weighted by molar-refractivity contribution is 7.14. The van der Waals surface area contributed by atoms with E-state index in [-0.39, 0.29) is 18.2 Å². The van der Waals surface area contributed by atoms with E-state index in [9.17, 15) is 9.59 Å². The molecule has 0 spiro atoms. The van der Waals surface area contributed by atoms with Gasteiger partial charge in [0.1, 0.15) is 5.75 Å². The molecule has 3 aromatic rings. The molecule has 3 rings (SSSR count). The Bertz CT molecular complexity index is 1020. The average molecular weight is 444 g/mol. The fourth-order valence-electron chi connectivity index (χ4n) is 2.53. The molecule has 0 atom stereocenters. The second-order valence-electron chi connectivity index (χ2n) is 7.04. The molecule has 0 aliphatic carbocycles. The van der Waals surface area contributed by atoms with Crippen LogP contribution in [0.15, 0.2) is 53.9 Å². The number of anilines is 2. The van der Waals surface area contributed by atoms with Gasteiger partial charge in [-0.3, -0.25) is 14.9 Å². The van der Waals surface area contributed by atoms with Gasteiger partial charge in [-0.1, -0.05) is 43.6 Å². The molecule has 2 N–H and O–H groups in total. The van der Waals surface area contributed by atoms with Crippen molar-refractivity contribution >= 4 is 45.6 Å². The minimum atomic E-state index is -0.240. The van der Waals surface area contributed by atoms with Gasteiger partial charge in [-0.05, 0) is 36.2 Å². The zero-order chi connectivity index (χ0) is 21.5. The normalized spacial score (nSPS) is 10.7. The van der Waals surface area contributed by atoms with E-state index in [0.717, 1.165) is 0 Å². The molecule has 0 aliphatic heterocycles. The first-order chi connectivity index (χ1) is 14.4. The Labute approximate surface area is 184 Å². The van der Waals surface area contributed by atoms with Crippen molar-refractivity contribution in [2.75, 3.05) is 17.2 Å². The maximum Gasteiger partial charge on any atom is 0.257 e. The predicted molar refractivity (Wildman–Crippen MR) is 121 cm³/mol. The Morgan fingerprint density at radius 1 is 1.13 bits per heavy atom. The van der Waals surface area contributed by atoms with E-state index in [1.54, 1.807) is 47.8 Å². The number of amides is 2. The summed E-state index contributed by atoms with van der Waals surface area (Å²) in [7, 11) is 0. The van der Waals surface area contributed by atoms with Crippen LogP contribution in [0.2, 0.25) is 5.02 Å². The van der Waals surface area contributed by atoms with E-state index >= 15 is 0 Å². The van der Waals surface area contributed by atoms with Crippen molar-refractivity contribution in [3.05, 3.63) is 70.2 Å². The van der Waals surface area contributed by atoms with Crippen molar-refractivity contribution < 1.29 is 14.3 Å². The molecule has 6 nitrogen and oxygen atoms in total. The van der Waals surface area contributed by atoms with Crippen LogP contribution in [0.4, 0.5) is 10.8 Å². The zero-order valence-electron chi connectivity index (χ0n) is 16.6. The lowest BCUT2D eigenvalue weighted by molar-refractivity contribution is -0.115. The highest BCUT2D eigenvalue weighted by Gasteiger charge is 2.12. The van der Waals surface area contributed by atoms with Gasteiger partial charge in [-0.2, -0.15) is 0 Å². The highest BCUT2D eigenvalue weighted by Crippen LogP contribution is 2.28. The van der Waals surface area contributed by atoms with Crippen LogP contribution in [0, 0.1) is 5.92 Å². The van der Waals surface area contributed by atoms with Gasteiger partial charge in [0.2, 0.25) is 5.91 Å². The summed E-state index contributed by atoms with van der Waals surface area (Å²) in [5.41, 5.74) is 1.70. The molecular weight excluding hydrogens is 422 g/mol. The Hall–Kier alpha value is -2.90. The van der Waals surface area contributed by atoms with Crippen molar-refractivity contribution in [3.63, 3.8) is 0 Å². The Balaban J connectivity index is 1.54. The number of nitrogens with one attached hydrogen (secondary N) is 2. The number of thiazole rings is 1. The number of carbonyl (C=O) groups excluding carboxylic acids is 2. The molecule has 1 aromatic heterocycles. The van der Waals surface area contributed by atoms with Gasteiger partial charge >= 0.3 is 0 Å². The van der Waals surface area contributed by atoms with Crippen LogP contribution in [0.3, 0.4) is 0 Å². The Kier molecular flexibility index (Phi) is 7.43. The van der Waals surface area contributed by atoms with Crippen molar-refractivity contribution in [3.8, 4) is 5.75 Å². The predicted octanol–water partition coefficient (Wildman–Crippen LogP) is 5.26. The number of rotatable bonds is 8. The van der Waals surface area contributed by atoms with Gasteiger partial charge in [0, 0.05) is 16.6 Å². The second-order valence-corrected chi connectivity index (χ2v) is 8.30. The number of aromatic nitrogens is 1. The average Bonchev–Trinajstić information content (AvgIpc) is 3.14. The van der Waals surface area contributed by atoms with Crippen LogP contribution < -0.4 is 15.4 Å². The smallest absolute Gasteiger partial charge is 0.257 e. The summed E-state index contributed by atoms with van der Waals surface area (Å²) in [6, 6.07) is 14.0. The van der Waals surface area contributed by atoms with Gasteiger partial charge in [0.05, 0.1) is 23.7 Å². The first kappa shape index (κ1) is 21.8. The molecular formula is C22H22ClN3O3S. The number of benzene rings is 2. The monoisotopic (exact) mass is 443 g/mol. The maximum absolute atomic E-state index is 12.3. The van der Waals surface area contributed by atoms with Crippen LogP contribution in [0.5, 0.6) is 5.75 Å². The third kappa shape index (κ3) is 6.30.